The van der Waals surface area contributed by atoms with Crippen molar-refractivity contribution in [3.05, 3.63) is 47.0 Å². The summed E-state index contributed by atoms with van der Waals surface area (Å²) in [6.45, 7) is 2.11. The second-order valence-corrected chi connectivity index (χ2v) is 8.41. The Kier molecular flexibility index (Phi) is 14.2. The van der Waals surface area contributed by atoms with Crippen molar-refractivity contribution in [1.82, 2.24) is 14.1 Å². The number of phenolic OH excluding ortho intramolecular Hbond substituents is 2. The van der Waals surface area contributed by atoms with Crippen LogP contribution >= 0.6 is 0 Å². The number of ether oxygens (including phenoxy) is 1. The van der Waals surface area contributed by atoms with Crippen molar-refractivity contribution in [3.63, 3.8) is 0 Å². The van der Waals surface area contributed by atoms with E-state index in [-0.39, 0.29) is 68.7 Å². The number of nitrogens with one attached hydrogen (secondary N) is 1. The molecule has 0 atom stereocenters. The predicted octanol–water partition coefficient (Wildman–Crippen LogP) is 0.391. The average Bonchev–Trinajstić information content (AvgIpc) is 3.38. The quantitative estimate of drug-likeness (QED) is 0.183. The zero-order valence-electron chi connectivity index (χ0n) is 21.6. The van der Waals surface area contributed by atoms with Gasteiger partial charge in [-0.3, -0.25) is 19.2 Å². The lowest BCUT2D eigenvalue weighted by Crippen LogP contribution is -3.00. The highest BCUT2D eigenvalue weighted by atomic mass is 35.5. The maximum Gasteiger partial charge on any atom is 0.306 e. The molecule has 2 aromatic carbocycles. The first-order valence-electron chi connectivity index (χ1n) is 11.8. The van der Waals surface area contributed by atoms with Gasteiger partial charge >= 0.3 is 11.9 Å². The number of imidazole rings is 2. The molecule has 0 amide bonds. The summed E-state index contributed by atoms with van der Waals surface area (Å²) < 4.78 is 8.29. The topological polar surface area (TPSA) is 175 Å². The van der Waals surface area contributed by atoms with E-state index in [1.807, 2.05) is 0 Å². The van der Waals surface area contributed by atoms with Gasteiger partial charge in [-0.2, -0.15) is 0 Å². The van der Waals surface area contributed by atoms with Crippen molar-refractivity contribution in [2.75, 3.05) is 6.61 Å². The minimum atomic E-state index is -0.882. The summed E-state index contributed by atoms with van der Waals surface area (Å²) in [6, 6.07) is 6.17. The monoisotopic (exact) mass is 592 g/mol. The van der Waals surface area contributed by atoms with E-state index in [4.69, 9.17) is 9.84 Å². The summed E-state index contributed by atoms with van der Waals surface area (Å²) >= 11 is 0. The zero-order valence-corrected chi connectivity index (χ0v) is 22.4. The standard InChI is InChI=1S/C14H16N2O4.C12H12N2O4.2CH4.ClH/c1-3-20-13(19)7-6-12-15-10-4-5-11(18)9(8-17)14(10)16(12)2;1-14-10(4-5-11(17)18)13-8-2-3-9(16)7(6-15)12(8)14;;;/h4-5,8,18H,3,6-7H2,1-2H3;2-3,6,16H,4-5H2,1H3,(H,17,18);2*1H4;1H. The Balaban J connectivity index is 0.000000730. The molecule has 0 aliphatic rings. The first-order chi connectivity index (χ1) is 18.1. The first-order valence-corrected chi connectivity index (χ1v) is 11.8. The molecule has 0 unspecified atom stereocenters. The third kappa shape index (κ3) is 8.04. The number of carbonyl (C=O) groups is 4. The summed E-state index contributed by atoms with van der Waals surface area (Å²) in [6.07, 6.45) is 2.18. The van der Waals surface area contributed by atoms with Crippen molar-refractivity contribution >= 4 is 46.6 Å². The average molecular weight is 593 g/mol. The van der Waals surface area contributed by atoms with Crippen molar-refractivity contribution in [1.29, 1.82) is 0 Å². The van der Waals surface area contributed by atoms with Crippen LogP contribution in [0.15, 0.2) is 24.3 Å². The Hall–Kier alpha value is -4.45. The lowest BCUT2D eigenvalue weighted by Gasteiger charge is -2.04. The van der Waals surface area contributed by atoms with Crippen LogP contribution in [-0.4, -0.2) is 60.6 Å². The Morgan fingerprint density at radius 2 is 1.51 bits per heavy atom. The fourth-order valence-corrected chi connectivity index (χ4v) is 4.16. The Morgan fingerprint density at radius 3 is 2.07 bits per heavy atom. The number of nitrogens with zero attached hydrogens (tertiary/aromatic N) is 3. The Bertz CT molecular complexity index is 1530. The van der Waals surface area contributed by atoms with E-state index in [1.165, 1.54) is 12.1 Å². The summed E-state index contributed by atoms with van der Waals surface area (Å²) in [5, 5.41) is 28.0. The van der Waals surface area contributed by atoms with Crippen molar-refractivity contribution in [2.24, 2.45) is 14.1 Å². The molecule has 0 bridgehead atoms. The molecule has 4 N–H and O–H groups in total. The van der Waals surface area contributed by atoms with E-state index in [2.05, 4.69) is 9.97 Å². The summed E-state index contributed by atoms with van der Waals surface area (Å²) in [5.41, 5.74) is 2.86. The highest BCUT2D eigenvalue weighted by molar-refractivity contribution is 5.98. The van der Waals surface area contributed by atoms with E-state index < -0.39 is 5.97 Å². The smallest absolute Gasteiger partial charge is 0.306 e. The van der Waals surface area contributed by atoms with Crippen LogP contribution in [0, 0.1) is 0 Å². The molecule has 4 aromatic rings. The lowest BCUT2D eigenvalue weighted by molar-refractivity contribution is -0.360. The first kappa shape index (κ1) is 36.5. The highest BCUT2D eigenvalue weighted by Gasteiger charge is 2.21. The van der Waals surface area contributed by atoms with Gasteiger partial charge in [0.1, 0.15) is 22.9 Å². The number of aromatic hydroxyl groups is 2. The van der Waals surface area contributed by atoms with Gasteiger partial charge < -0.3 is 37.0 Å². The van der Waals surface area contributed by atoms with Crippen LogP contribution in [0.25, 0.3) is 22.1 Å². The Morgan fingerprint density at radius 1 is 0.927 bits per heavy atom. The molecular weight excluding hydrogens is 556 g/mol. The minimum Gasteiger partial charge on any atom is -1.00 e. The fourth-order valence-electron chi connectivity index (χ4n) is 4.16. The molecule has 4 rings (SSSR count). The van der Waals surface area contributed by atoms with Crippen LogP contribution < -0.4 is 17.4 Å². The molecule has 224 valence electrons. The highest BCUT2D eigenvalue weighted by Crippen LogP contribution is 2.26. The fraction of sp³-hybridized carbons (Fsp3) is 0.357. The minimum absolute atomic E-state index is 0. The molecule has 41 heavy (non-hydrogen) atoms. The Labute approximate surface area is 244 Å². The van der Waals surface area contributed by atoms with E-state index in [0.29, 0.717) is 65.7 Å². The molecule has 0 spiro atoms. The van der Waals surface area contributed by atoms with Gasteiger partial charge in [-0.25, -0.2) is 14.5 Å². The number of halogens is 1. The third-order valence-electron chi connectivity index (χ3n) is 6.03. The second-order valence-electron chi connectivity index (χ2n) is 8.41. The summed E-state index contributed by atoms with van der Waals surface area (Å²) in [4.78, 5) is 51.4. The molecule has 12 nitrogen and oxygen atoms in total. The van der Waals surface area contributed by atoms with Gasteiger partial charge in [0, 0.05) is 13.5 Å². The number of rotatable bonds is 9. The van der Waals surface area contributed by atoms with Crippen molar-refractivity contribution in [2.45, 2.75) is 47.5 Å². The van der Waals surface area contributed by atoms with Crippen molar-refractivity contribution < 1.29 is 56.6 Å². The number of hydrogen-bond acceptors (Lipinski definition) is 8. The number of aryl methyl sites for hydroxylation is 4. The summed E-state index contributed by atoms with van der Waals surface area (Å²) in [5.74, 6) is 0.0392. The SMILES string of the molecule is C.C.CCOC(=O)CCc1nc2ccc(O)c(C=O)c2n1C.Cn1c(CCC(=O)O)[nH+]c2ccc(O)c(C=O)c21.[Cl-]. The molecule has 0 fully saturated rings. The third-order valence-corrected chi connectivity index (χ3v) is 6.03. The van der Waals surface area contributed by atoms with Crippen LogP contribution in [0.4, 0.5) is 0 Å². The number of carboxylic acid groups (broad SMARTS) is 1. The zero-order chi connectivity index (χ0) is 28.0. The predicted molar refractivity (Wildman–Crippen MR) is 149 cm³/mol. The van der Waals surface area contributed by atoms with Crippen LogP contribution in [0.3, 0.4) is 0 Å². The van der Waals surface area contributed by atoms with E-state index in [9.17, 15) is 29.4 Å². The molecule has 13 heteroatoms. The molecular formula is C28H37ClN4O8. The van der Waals surface area contributed by atoms with E-state index in [0.717, 1.165) is 0 Å². The van der Waals surface area contributed by atoms with Crippen LogP contribution in [0.5, 0.6) is 11.5 Å². The number of hydrogen-bond donors (Lipinski definition) is 3. The lowest BCUT2D eigenvalue weighted by atomic mass is 10.2. The van der Waals surface area contributed by atoms with Gasteiger partial charge in [0.2, 0.25) is 0 Å². The number of H-pyrrole nitrogens is 1. The number of esters is 1. The normalized spacial score (nSPS) is 9.93. The molecule has 0 aliphatic carbocycles. The molecule has 0 saturated carbocycles. The van der Waals surface area contributed by atoms with Crippen LogP contribution in [0.1, 0.15) is 67.0 Å². The number of carboxylic acids is 1. The largest absolute Gasteiger partial charge is 1.00 e. The molecule has 2 aromatic heterocycles. The van der Waals surface area contributed by atoms with Crippen molar-refractivity contribution in [3.8, 4) is 11.5 Å². The van der Waals surface area contributed by atoms with Gasteiger partial charge in [-0.1, -0.05) is 14.9 Å². The van der Waals surface area contributed by atoms with Gasteiger partial charge in [0.05, 0.1) is 49.5 Å². The van der Waals surface area contributed by atoms with Gasteiger partial charge in [0.15, 0.2) is 23.6 Å². The number of aliphatic carboxylic acids is 1. The number of fused-ring (bicyclic) bond motifs is 2. The number of aldehydes is 2. The molecule has 0 saturated heterocycles. The van der Waals surface area contributed by atoms with E-state index in [1.54, 1.807) is 42.3 Å². The van der Waals surface area contributed by atoms with Crippen LogP contribution in [-0.2, 0) is 41.3 Å². The molecule has 2 heterocycles. The van der Waals surface area contributed by atoms with Crippen LogP contribution in [0.2, 0.25) is 0 Å². The number of benzene rings is 2. The number of aromatic amines is 1. The molecule has 0 aliphatic heterocycles. The second kappa shape index (κ2) is 16.0. The number of carbonyl (C=O) groups excluding carboxylic acids is 3. The van der Waals surface area contributed by atoms with Gasteiger partial charge in [0.25, 0.3) is 5.82 Å². The molecule has 0 radical (unpaired) electrons. The maximum absolute atomic E-state index is 11.4. The number of aromatic nitrogens is 4. The van der Waals surface area contributed by atoms with E-state index >= 15 is 0 Å². The summed E-state index contributed by atoms with van der Waals surface area (Å²) in [7, 11) is 3.48. The maximum atomic E-state index is 11.4. The van der Waals surface area contributed by atoms with Gasteiger partial charge in [-0.15, -0.1) is 0 Å². The van der Waals surface area contributed by atoms with Gasteiger partial charge in [-0.05, 0) is 31.2 Å². The number of phenols is 2.